The number of methoxy groups -OCH3 is 1. The Morgan fingerprint density at radius 1 is 1.00 bits per heavy atom. The van der Waals surface area contributed by atoms with Gasteiger partial charge < -0.3 is 24.8 Å². The number of rotatable bonds is 11. The van der Waals surface area contributed by atoms with Crippen LogP contribution in [0.1, 0.15) is 19.3 Å². The molecule has 1 fully saturated rings. The van der Waals surface area contributed by atoms with E-state index >= 15 is 0 Å². The second kappa shape index (κ2) is 11.6. The molecule has 1 heterocycles. The molecule has 0 aromatic rings. The Morgan fingerprint density at radius 2 is 1.63 bits per heavy atom. The summed E-state index contributed by atoms with van der Waals surface area (Å²) in [7, 11) is 1.68. The van der Waals surface area contributed by atoms with E-state index in [1.807, 2.05) is 0 Å². The van der Waals surface area contributed by atoms with E-state index in [1.165, 1.54) is 32.4 Å². The van der Waals surface area contributed by atoms with Crippen LogP contribution in [0.25, 0.3) is 0 Å². The quantitative estimate of drug-likeness (QED) is 0.563. The first-order valence-electron chi connectivity index (χ1n) is 7.43. The van der Waals surface area contributed by atoms with Crippen molar-refractivity contribution in [2.24, 2.45) is 11.7 Å². The van der Waals surface area contributed by atoms with Crippen molar-refractivity contribution >= 4 is 0 Å². The third kappa shape index (κ3) is 8.55. The van der Waals surface area contributed by atoms with Crippen LogP contribution in [0.2, 0.25) is 0 Å². The molecule has 0 amide bonds. The average Bonchev–Trinajstić information content (AvgIpc) is 2.44. The molecule has 0 aromatic carbocycles. The predicted molar refractivity (Wildman–Crippen MR) is 76.3 cm³/mol. The van der Waals surface area contributed by atoms with Crippen molar-refractivity contribution in [2.75, 3.05) is 66.3 Å². The van der Waals surface area contributed by atoms with Gasteiger partial charge in [-0.25, -0.2) is 0 Å². The molecule has 0 unspecified atom stereocenters. The maximum Gasteiger partial charge on any atom is 0.0701 e. The van der Waals surface area contributed by atoms with Gasteiger partial charge >= 0.3 is 0 Å². The van der Waals surface area contributed by atoms with Crippen LogP contribution in [0.3, 0.4) is 0 Å². The molecule has 114 valence electrons. The molecule has 1 rings (SSSR count). The Balaban J connectivity index is 1.85. The number of hydrogen-bond acceptors (Lipinski definition) is 5. The lowest BCUT2D eigenvalue weighted by atomic mass is 9.94. The highest BCUT2D eigenvalue weighted by atomic mass is 16.5. The van der Waals surface area contributed by atoms with Gasteiger partial charge in [-0.15, -0.1) is 0 Å². The molecular weight excluding hydrogens is 244 g/mol. The second-order valence-electron chi connectivity index (χ2n) is 5.08. The molecular formula is C14H30N2O3. The Bertz CT molecular complexity index is 197. The molecule has 5 heteroatoms. The van der Waals surface area contributed by atoms with E-state index in [0.717, 1.165) is 25.6 Å². The van der Waals surface area contributed by atoms with E-state index in [9.17, 15) is 0 Å². The summed E-state index contributed by atoms with van der Waals surface area (Å²) in [6.07, 6.45) is 3.76. The second-order valence-corrected chi connectivity index (χ2v) is 5.08. The smallest absolute Gasteiger partial charge is 0.0701 e. The summed E-state index contributed by atoms with van der Waals surface area (Å²) in [6.45, 7) is 7.68. The molecule has 0 radical (unpaired) electrons. The van der Waals surface area contributed by atoms with Crippen LogP contribution in [0.15, 0.2) is 0 Å². The highest BCUT2D eigenvalue weighted by molar-refractivity contribution is 4.72. The van der Waals surface area contributed by atoms with Crippen molar-refractivity contribution < 1.29 is 14.2 Å². The highest BCUT2D eigenvalue weighted by Gasteiger charge is 2.17. The van der Waals surface area contributed by atoms with Crippen LogP contribution < -0.4 is 5.73 Å². The summed E-state index contributed by atoms with van der Waals surface area (Å²) in [5.41, 5.74) is 5.60. The van der Waals surface area contributed by atoms with E-state index in [1.54, 1.807) is 7.11 Å². The monoisotopic (exact) mass is 274 g/mol. The van der Waals surface area contributed by atoms with Gasteiger partial charge in [0, 0.05) is 13.7 Å². The molecule has 2 N–H and O–H groups in total. The zero-order chi connectivity index (χ0) is 13.8. The molecule has 0 bridgehead atoms. The van der Waals surface area contributed by atoms with Crippen LogP contribution >= 0.6 is 0 Å². The fourth-order valence-corrected chi connectivity index (χ4v) is 2.39. The topological polar surface area (TPSA) is 57.0 Å². The third-order valence-corrected chi connectivity index (χ3v) is 3.64. The Hall–Kier alpha value is -0.200. The summed E-state index contributed by atoms with van der Waals surface area (Å²) in [5, 5.41) is 0. The van der Waals surface area contributed by atoms with Crippen LogP contribution in [0, 0.1) is 5.92 Å². The van der Waals surface area contributed by atoms with Gasteiger partial charge in [-0.2, -0.15) is 0 Å². The Kier molecular flexibility index (Phi) is 10.3. The summed E-state index contributed by atoms with van der Waals surface area (Å²) < 4.78 is 15.8. The molecule has 1 saturated heterocycles. The van der Waals surface area contributed by atoms with E-state index in [-0.39, 0.29) is 0 Å². The lowest BCUT2D eigenvalue weighted by molar-refractivity contribution is 0.0172. The molecule has 0 aromatic heterocycles. The molecule has 19 heavy (non-hydrogen) atoms. The standard InChI is InChI=1S/C14H30N2O3/c1-17-10-11-19-13-12-18-9-8-16-6-3-14(2-5-15)4-7-16/h14H,2-13,15H2,1H3. The first-order chi connectivity index (χ1) is 9.36. The van der Waals surface area contributed by atoms with Crippen molar-refractivity contribution in [1.29, 1.82) is 0 Å². The van der Waals surface area contributed by atoms with Gasteiger partial charge in [0.15, 0.2) is 0 Å². The van der Waals surface area contributed by atoms with E-state index in [0.29, 0.717) is 26.4 Å². The lowest BCUT2D eigenvalue weighted by Crippen LogP contribution is -2.36. The molecule has 1 aliphatic rings. The molecule has 1 aliphatic heterocycles. The van der Waals surface area contributed by atoms with Crippen molar-refractivity contribution in [3.8, 4) is 0 Å². The van der Waals surface area contributed by atoms with Gasteiger partial charge in [-0.3, -0.25) is 0 Å². The first-order valence-corrected chi connectivity index (χ1v) is 7.43. The minimum atomic E-state index is 0.647. The van der Waals surface area contributed by atoms with Crippen molar-refractivity contribution in [3.05, 3.63) is 0 Å². The maximum absolute atomic E-state index is 5.60. The normalized spacial score (nSPS) is 18.0. The Morgan fingerprint density at radius 3 is 2.26 bits per heavy atom. The number of nitrogens with two attached hydrogens (primary N) is 1. The fourth-order valence-electron chi connectivity index (χ4n) is 2.39. The van der Waals surface area contributed by atoms with E-state index in [2.05, 4.69) is 4.90 Å². The van der Waals surface area contributed by atoms with Gasteiger partial charge in [0.1, 0.15) is 0 Å². The number of piperidine rings is 1. The Labute approximate surface area is 117 Å². The first kappa shape index (κ1) is 16.9. The molecule has 0 atom stereocenters. The molecule has 5 nitrogen and oxygen atoms in total. The van der Waals surface area contributed by atoms with Gasteiger partial charge in [0.2, 0.25) is 0 Å². The third-order valence-electron chi connectivity index (χ3n) is 3.64. The van der Waals surface area contributed by atoms with Gasteiger partial charge in [-0.1, -0.05) is 0 Å². The van der Waals surface area contributed by atoms with Gasteiger partial charge in [-0.05, 0) is 44.8 Å². The van der Waals surface area contributed by atoms with Gasteiger partial charge in [0.05, 0.1) is 33.0 Å². The fraction of sp³-hybridized carbons (Fsp3) is 1.00. The summed E-state index contributed by atoms with van der Waals surface area (Å²) >= 11 is 0. The molecule has 0 spiro atoms. The molecule has 0 aliphatic carbocycles. The number of ether oxygens (including phenoxy) is 3. The van der Waals surface area contributed by atoms with Crippen molar-refractivity contribution in [1.82, 2.24) is 4.90 Å². The zero-order valence-electron chi connectivity index (χ0n) is 12.3. The summed E-state index contributed by atoms with van der Waals surface area (Å²) in [5.74, 6) is 0.844. The highest BCUT2D eigenvalue weighted by Crippen LogP contribution is 2.19. The summed E-state index contributed by atoms with van der Waals surface area (Å²) in [6, 6.07) is 0. The van der Waals surface area contributed by atoms with Crippen molar-refractivity contribution in [3.63, 3.8) is 0 Å². The minimum Gasteiger partial charge on any atom is -0.382 e. The lowest BCUT2D eigenvalue weighted by Gasteiger charge is -2.31. The van der Waals surface area contributed by atoms with Gasteiger partial charge in [0.25, 0.3) is 0 Å². The van der Waals surface area contributed by atoms with Crippen LogP contribution in [-0.4, -0.2) is 71.2 Å². The number of likely N-dealkylation sites (tertiary alicyclic amines) is 1. The number of nitrogens with zero attached hydrogens (tertiary/aromatic N) is 1. The molecule has 0 saturated carbocycles. The van der Waals surface area contributed by atoms with Crippen LogP contribution in [0.4, 0.5) is 0 Å². The zero-order valence-corrected chi connectivity index (χ0v) is 12.3. The van der Waals surface area contributed by atoms with Crippen molar-refractivity contribution in [2.45, 2.75) is 19.3 Å². The van der Waals surface area contributed by atoms with Crippen LogP contribution in [-0.2, 0) is 14.2 Å². The SMILES string of the molecule is COCCOCCOCCN1CCC(CCN)CC1. The average molecular weight is 274 g/mol. The maximum atomic E-state index is 5.60. The minimum absolute atomic E-state index is 0.647. The van der Waals surface area contributed by atoms with E-state index in [4.69, 9.17) is 19.9 Å². The summed E-state index contributed by atoms with van der Waals surface area (Å²) in [4.78, 5) is 2.48. The van der Waals surface area contributed by atoms with Crippen LogP contribution in [0.5, 0.6) is 0 Å². The predicted octanol–water partition coefficient (Wildman–Crippen LogP) is 0.727. The largest absolute Gasteiger partial charge is 0.382 e. The van der Waals surface area contributed by atoms with E-state index < -0.39 is 0 Å². The number of hydrogen-bond donors (Lipinski definition) is 1.